The molecule has 0 bridgehead atoms. The number of carbonyl (C=O) groups excluding carboxylic acids is 2. The van der Waals surface area contributed by atoms with Crippen molar-refractivity contribution in [1.29, 1.82) is 0 Å². The first-order chi connectivity index (χ1) is 19.4. The van der Waals surface area contributed by atoms with E-state index in [2.05, 4.69) is 10.2 Å². The standard InChI is InChI=1S/C29H30FN5O5/c30-19-9-11-21(12-10-19)32-13-15-33(16-14-32)25(37)18-34-26-22-7-3-4-8-23(22)40-27(26)28(38)35(29(34)39)17-24(36)31-20-5-1-2-6-20/h3-4,7-12,20H,1-2,5-6,13-18H2,(H,31,36). The summed E-state index contributed by atoms with van der Waals surface area (Å²) in [6.45, 7) is 1.19. The number of carbonyl (C=O) groups is 2. The molecule has 1 aliphatic carbocycles. The van der Waals surface area contributed by atoms with Gasteiger partial charge in [0.05, 0.1) is 0 Å². The lowest BCUT2D eigenvalue weighted by Gasteiger charge is -2.36. The lowest BCUT2D eigenvalue weighted by atomic mass is 10.2. The third kappa shape index (κ3) is 4.87. The van der Waals surface area contributed by atoms with Crippen LogP contribution in [0.1, 0.15) is 25.7 Å². The van der Waals surface area contributed by atoms with Crippen LogP contribution in [0.15, 0.2) is 62.5 Å². The SMILES string of the molecule is O=C(Cn1c(=O)c2oc3ccccc3c2n(CC(=O)N2CCN(c3ccc(F)cc3)CC2)c1=O)NC1CCCC1. The fourth-order valence-electron chi connectivity index (χ4n) is 5.77. The van der Waals surface area contributed by atoms with Gasteiger partial charge >= 0.3 is 5.69 Å². The number of nitrogens with zero attached hydrogens (tertiary/aromatic N) is 4. The first kappa shape index (κ1) is 25.8. The zero-order valence-electron chi connectivity index (χ0n) is 22.0. The number of nitrogens with one attached hydrogen (secondary N) is 1. The molecular weight excluding hydrogens is 517 g/mol. The van der Waals surface area contributed by atoms with Crippen molar-refractivity contribution in [2.24, 2.45) is 0 Å². The van der Waals surface area contributed by atoms with E-state index in [-0.39, 0.29) is 35.4 Å². The van der Waals surface area contributed by atoms with Crippen LogP contribution < -0.4 is 21.5 Å². The molecule has 2 fully saturated rings. The molecule has 4 aromatic rings. The quantitative estimate of drug-likeness (QED) is 0.397. The molecule has 208 valence electrons. The Labute approximate surface area is 228 Å². The molecule has 0 unspecified atom stereocenters. The van der Waals surface area contributed by atoms with Gasteiger partial charge in [0.1, 0.15) is 30.0 Å². The van der Waals surface area contributed by atoms with Gasteiger partial charge in [-0.05, 0) is 49.2 Å². The van der Waals surface area contributed by atoms with E-state index in [1.165, 1.54) is 16.7 Å². The van der Waals surface area contributed by atoms with Gasteiger partial charge in [0, 0.05) is 43.3 Å². The van der Waals surface area contributed by atoms with Crippen LogP contribution in [0.4, 0.5) is 10.1 Å². The van der Waals surface area contributed by atoms with Crippen LogP contribution in [0.2, 0.25) is 0 Å². The molecule has 2 amide bonds. The van der Waals surface area contributed by atoms with Crippen LogP contribution in [0, 0.1) is 5.82 Å². The number of halogens is 1. The minimum absolute atomic E-state index is 0.0375. The maximum atomic E-state index is 13.7. The number of benzene rings is 2. The van der Waals surface area contributed by atoms with E-state index in [9.17, 15) is 23.6 Å². The number of piperazine rings is 1. The van der Waals surface area contributed by atoms with Gasteiger partial charge in [-0.25, -0.2) is 13.8 Å². The Morgan fingerprint density at radius 2 is 1.60 bits per heavy atom. The molecule has 1 aliphatic heterocycles. The van der Waals surface area contributed by atoms with Crippen molar-refractivity contribution >= 4 is 39.6 Å². The molecule has 2 aliphatic rings. The number of furan rings is 1. The molecule has 1 N–H and O–H groups in total. The summed E-state index contributed by atoms with van der Waals surface area (Å²) >= 11 is 0. The van der Waals surface area contributed by atoms with Gasteiger partial charge < -0.3 is 19.5 Å². The molecule has 40 heavy (non-hydrogen) atoms. The molecule has 1 saturated carbocycles. The van der Waals surface area contributed by atoms with Gasteiger partial charge in [-0.2, -0.15) is 0 Å². The predicted molar refractivity (Wildman–Crippen MR) is 148 cm³/mol. The van der Waals surface area contributed by atoms with E-state index in [1.807, 2.05) is 0 Å². The highest BCUT2D eigenvalue weighted by atomic mass is 19.1. The van der Waals surface area contributed by atoms with Crippen LogP contribution >= 0.6 is 0 Å². The molecular formula is C29H30FN5O5. The number of amides is 2. The Bertz CT molecular complexity index is 1690. The van der Waals surface area contributed by atoms with Gasteiger partial charge in [0.25, 0.3) is 5.56 Å². The number of hydrogen-bond acceptors (Lipinski definition) is 6. The van der Waals surface area contributed by atoms with Crippen LogP contribution in [0.25, 0.3) is 22.1 Å². The predicted octanol–water partition coefficient (Wildman–Crippen LogP) is 2.46. The number of para-hydroxylation sites is 1. The highest BCUT2D eigenvalue weighted by Gasteiger charge is 2.26. The Hall–Kier alpha value is -4.41. The van der Waals surface area contributed by atoms with Crippen LogP contribution in [-0.4, -0.2) is 58.1 Å². The van der Waals surface area contributed by atoms with E-state index in [0.29, 0.717) is 37.1 Å². The average Bonchev–Trinajstić information content (AvgIpc) is 3.62. The van der Waals surface area contributed by atoms with E-state index in [0.717, 1.165) is 35.9 Å². The van der Waals surface area contributed by atoms with Gasteiger partial charge in [-0.3, -0.25) is 19.0 Å². The van der Waals surface area contributed by atoms with Crippen molar-refractivity contribution in [3.63, 3.8) is 0 Å². The monoisotopic (exact) mass is 547 g/mol. The minimum Gasteiger partial charge on any atom is -0.449 e. The number of anilines is 1. The Morgan fingerprint density at radius 3 is 2.33 bits per heavy atom. The maximum Gasteiger partial charge on any atom is 0.332 e. The molecule has 3 heterocycles. The van der Waals surface area contributed by atoms with Gasteiger partial charge in [-0.15, -0.1) is 0 Å². The van der Waals surface area contributed by atoms with E-state index < -0.39 is 23.7 Å². The van der Waals surface area contributed by atoms with Crippen molar-refractivity contribution in [3.05, 3.63) is 75.2 Å². The van der Waals surface area contributed by atoms with E-state index >= 15 is 0 Å². The average molecular weight is 548 g/mol. The molecule has 6 rings (SSSR count). The second kappa shape index (κ2) is 10.6. The van der Waals surface area contributed by atoms with E-state index in [1.54, 1.807) is 41.3 Å². The molecule has 2 aromatic heterocycles. The summed E-state index contributed by atoms with van der Waals surface area (Å²) in [6, 6.07) is 13.2. The summed E-state index contributed by atoms with van der Waals surface area (Å²) in [4.78, 5) is 57.0. The van der Waals surface area contributed by atoms with Crippen LogP contribution in [0.3, 0.4) is 0 Å². The lowest BCUT2D eigenvalue weighted by Crippen LogP contribution is -2.51. The molecule has 0 radical (unpaired) electrons. The third-order valence-electron chi connectivity index (χ3n) is 7.88. The summed E-state index contributed by atoms with van der Waals surface area (Å²) in [7, 11) is 0. The van der Waals surface area contributed by atoms with Crippen molar-refractivity contribution in [2.75, 3.05) is 31.1 Å². The van der Waals surface area contributed by atoms with Gasteiger partial charge in [0.15, 0.2) is 0 Å². The largest absolute Gasteiger partial charge is 0.449 e. The molecule has 2 aromatic carbocycles. The fraction of sp³-hybridized carbons (Fsp3) is 0.379. The van der Waals surface area contributed by atoms with Crippen molar-refractivity contribution < 1.29 is 18.4 Å². The molecule has 0 atom stereocenters. The van der Waals surface area contributed by atoms with Crippen molar-refractivity contribution in [3.8, 4) is 0 Å². The summed E-state index contributed by atoms with van der Waals surface area (Å²) in [5, 5.41) is 3.46. The second-order valence-electron chi connectivity index (χ2n) is 10.4. The minimum atomic E-state index is -0.732. The second-order valence-corrected chi connectivity index (χ2v) is 10.4. The fourth-order valence-corrected chi connectivity index (χ4v) is 5.77. The number of rotatable bonds is 6. The van der Waals surface area contributed by atoms with Crippen LogP contribution in [0.5, 0.6) is 0 Å². The van der Waals surface area contributed by atoms with Crippen molar-refractivity contribution in [1.82, 2.24) is 19.4 Å². The van der Waals surface area contributed by atoms with Crippen LogP contribution in [-0.2, 0) is 22.7 Å². The van der Waals surface area contributed by atoms with E-state index in [4.69, 9.17) is 4.42 Å². The number of hydrogen-bond donors (Lipinski definition) is 1. The smallest absolute Gasteiger partial charge is 0.332 e. The molecule has 1 saturated heterocycles. The summed E-state index contributed by atoms with van der Waals surface area (Å²) < 4.78 is 21.3. The van der Waals surface area contributed by atoms with Crippen molar-refractivity contribution in [2.45, 2.75) is 44.8 Å². The third-order valence-corrected chi connectivity index (χ3v) is 7.88. The highest BCUT2D eigenvalue weighted by molar-refractivity contribution is 6.02. The summed E-state index contributed by atoms with van der Waals surface area (Å²) in [5.41, 5.74) is 0.0357. The zero-order chi connectivity index (χ0) is 27.8. The topological polar surface area (TPSA) is 110 Å². The van der Waals surface area contributed by atoms with Gasteiger partial charge in [0.2, 0.25) is 17.4 Å². The zero-order valence-corrected chi connectivity index (χ0v) is 22.0. The first-order valence-corrected chi connectivity index (χ1v) is 13.6. The molecule has 11 heteroatoms. The lowest BCUT2D eigenvalue weighted by molar-refractivity contribution is -0.132. The Morgan fingerprint density at radius 1 is 0.900 bits per heavy atom. The Balaban J connectivity index is 1.29. The molecule has 10 nitrogen and oxygen atoms in total. The number of fused-ring (bicyclic) bond motifs is 3. The first-order valence-electron chi connectivity index (χ1n) is 13.6. The Kier molecular flexibility index (Phi) is 6.87. The number of aromatic nitrogens is 2. The summed E-state index contributed by atoms with van der Waals surface area (Å²) in [5.74, 6) is -1.01. The molecule has 0 spiro atoms. The van der Waals surface area contributed by atoms with Gasteiger partial charge in [-0.1, -0.05) is 25.0 Å². The normalized spacial score (nSPS) is 16.2. The maximum absolute atomic E-state index is 13.7. The summed E-state index contributed by atoms with van der Waals surface area (Å²) in [6.07, 6.45) is 3.80. The highest BCUT2D eigenvalue weighted by Crippen LogP contribution is 2.26.